The van der Waals surface area contributed by atoms with Crippen LogP contribution in [0.25, 0.3) is 0 Å². The second-order valence-electron chi connectivity index (χ2n) is 3.64. The van der Waals surface area contributed by atoms with Crippen molar-refractivity contribution in [3.63, 3.8) is 0 Å². The number of nitrogens with zero attached hydrogens (tertiary/aromatic N) is 2. The lowest BCUT2D eigenvalue weighted by Crippen LogP contribution is -2.46. The molecule has 1 aliphatic rings. The number of carboxylic acid groups (broad SMARTS) is 1. The molecule has 0 saturated carbocycles. The summed E-state index contributed by atoms with van der Waals surface area (Å²) in [5, 5.41) is 8.91. The summed E-state index contributed by atoms with van der Waals surface area (Å²) in [6.07, 6.45) is 2.91. The zero-order valence-electron chi connectivity index (χ0n) is 8.85. The van der Waals surface area contributed by atoms with Crippen LogP contribution in [0, 0.1) is 0 Å². The molecule has 84 valence electrons. The van der Waals surface area contributed by atoms with Gasteiger partial charge in [-0.2, -0.15) is 0 Å². The molecule has 0 aromatic rings. The van der Waals surface area contributed by atoms with Crippen LogP contribution in [0.4, 0.5) is 4.79 Å². The Bertz CT molecular complexity index is 278. The number of rotatable bonds is 3. The van der Waals surface area contributed by atoms with Crippen LogP contribution in [-0.2, 0) is 4.79 Å². The topological polar surface area (TPSA) is 60.9 Å². The Balaban J connectivity index is 2.65. The average molecular weight is 212 g/mol. The Kier molecular flexibility index (Phi) is 3.71. The molecule has 1 fully saturated rings. The van der Waals surface area contributed by atoms with E-state index in [1.165, 1.54) is 9.80 Å². The smallest absolute Gasteiger partial charge is 0.326 e. The number of likely N-dealkylation sites (tertiary alicyclic amines) is 1. The lowest BCUT2D eigenvalue weighted by atomic mass is 10.2. The van der Waals surface area contributed by atoms with Crippen molar-refractivity contribution < 1.29 is 14.7 Å². The normalized spacial score (nSPS) is 20.1. The van der Waals surface area contributed by atoms with Crippen LogP contribution in [0.1, 0.15) is 12.8 Å². The van der Waals surface area contributed by atoms with Crippen molar-refractivity contribution in [2.75, 3.05) is 20.1 Å². The van der Waals surface area contributed by atoms with E-state index < -0.39 is 12.0 Å². The van der Waals surface area contributed by atoms with Gasteiger partial charge >= 0.3 is 12.0 Å². The molecule has 1 heterocycles. The molecular formula is C10H16N2O3. The molecule has 5 heteroatoms. The molecule has 0 aromatic carbocycles. The molecule has 1 N–H and O–H groups in total. The zero-order valence-corrected chi connectivity index (χ0v) is 8.85. The summed E-state index contributed by atoms with van der Waals surface area (Å²) < 4.78 is 0. The second-order valence-corrected chi connectivity index (χ2v) is 3.64. The maximum Gasteiger partial charge on any atom is 0.326 e. The van der Waals surface area contributed by atoms with Crippen LogP contribution < -0.4 is 0 Å². The summed E-state index contributed by atoms with van der Waals surface area (Å²) in [5.74, 6) is -0.923. The van der Waals surface area contributed by atoms with Crippen LogP contribution in [0.2, 0.25) is 0 Å². The van der Waals surface area contributed by atoms with Crippen LogP contribution in [-0.4, -0.2) is 53.1 Å². The first-order valence-corrected chi connectivity index (χ1v) is 4.93. The highest BCUT2D eigenvalue weighted by Gasteiger charge is 2.34. The minimum atomic E-state index is -0.923. The van der Waals surface area contributed by atoms with E-state index in [1.54, 1.807) is 13.1 Å². The minimum Gasteiger partial charge on any atom is -0.480 e. The van der Waals surface area contributed by atoms with Gasteiger partial charge in [-0.15, -0.1) is 6.58 Å². The first kappa shape index (κ1) is 11.6. The number of carboxylic acids is 1. The molecule has 1 saturated heterocycles. The predicted octanol–water partition coefficient (Wildman–Crippen LogP) is 0.773. The molecule has 1 aliphatic heterocycles. The Labute approximate surface area is 89.0 Å². The number of hydrogen-bond acceptors (Lipinski definition) is 2. The SMILES string of the molecule is C=CCN(C)C(=O)N1CCC[C@H]1C(=O)O. The number of likely N-dealkylation sites (N-methyl/N-ethyl adjacent to an activating group) is 1. The van der Waals surface area contributed by atoms with Gasteiger partial charge in [-0.1, -0.05) is 6.08 Å². The van der Waals surface area contributed by atoms with E-state index in [0.717, 1.165) is 6.42 Å². The molecule has 0 spiro atoms. The van der Waals surface area contributed by atoms with Gasteiger partial charge in [0.15, 0.2) is 0 Å². The number of carbonyl (C=O) groups excluding carboxylic acids is 1. The lowest BCUT2D eigenvalue weighted by Gasteiger charge is -2.26. The molecule has 1 rings (SSSR count). The van der Waals surface area contributed by atoms with Gasteiger partial charge in [0.25, 0.3) is 0 Å². The van der Waals surface area contributed by atoms with Gasteiger partial charge in [0, 0.05) is 20.1 Å². The van der Waals surface area contributed by atoms with Crippen molar-refractivity contribution in [2.24, 2.45) is 0 Å². The Morgan fingerprint density at radius 3 is 2.87 bits per heavy atom. The van der Waals surface area contributed by atoms with Crippen LogP contribution in [0.15, 0.2) is 12.7 Å². The van der Waals surface area contributed by atoms with Crippen LogP contribution >= 0.6 is 0 Å². The molecule has 15 heavy (non-hydrogen) atoms. The molecule has 5 nitrogen and oxygen atoms in total. The van der Waals surface area contributed by atoms with Gasteiger partial charge in [-0.25, -0.2) is 9.59 Å². The highest BCUT2D eigenvalue weighted by Crippen LogP contribution is 2.18. The zero-order chi connectivity index (χ0) is 11.4. The van der Waals surface area contributed by atoms with Gasteiger partial charge in [-0.3, -0.25) is 0 Å². The first-order valence-electron chi connectivity index (χ1n) is 4.93. The Morgan fingerprint density at radius 2 is 2.33 bits per heavy atom. The highest BCUT2D eigenvalue weighted by atomic mass is 16.4. The third kappa shape index (κ3) is 2.49. The number of carbonyl (C=O) groups is 2. The predicted molar refractivity (Wildman–Crippen MR) is 55.6 cm³/mol. The van der Waals surface area contributed by atoms with E-state index in [0.29, 0.717) is 19.5 Å². The van der Waals surface area contributed by atoms with Crippen molar-refractivity contribution in [2.45, 2.75) is 18.9 Å². The fourth-order valence-electron chi connectivity index (χ4n) is 1.74. The maximum atomic E-state index is 11.8. The number of urea groups is 1. The first-order chi connectivity index (χ1) is 7.07. The van der Waals surface area contributed by atoms with Crippen molar-refractivity contribution in [3.8, 4) is 0 Å². The van der Waals surface area contributed by atoms with Gasteiger partial charge < -0.3 is 14.9 Å². The van der Waals surface area contributed by atoms with Crippen LogP contribution in [0.3, 0.4) is 0 Å². The quantitative estimate of drug-likeness (QED) is 0.703. The van der Waals surface area contributed by atoms with Crippen molar-refractivity contribution in [1.29, 1.82) is 0 Å². The van der Waals surface area contributed by atoms with Crippen molar-refractivity contribution >= 4 is 12.0 Å². The van der Waals surface area contributed by atoms with E-state index in [2.05, 4.69) is 6.58 Å². The summed E-state index contributed by atoms with van der Waals surface area (Å²) >= 11 is 0. The van der Waals surface area contributed by atoms with E-state index in [4.69, 9.17) is 5.11 Å². The fraction of sp³-hybridized carbons (Fsp3) is 0.600. The van der Waals surface area contributed by atoms with Gasteiger partial charge in [0.05, 0.1) is 0 Å². The van der Waals surface area contributed by atoms with Crippen molar-refractivity contribution in [1.82, 2.24) is 9.80 Å². The van der Waals surface area contributed by atoms with Gasteiger partial charge in [0.2, 0.25) is 0 Å². The molecule has 0 bridgehead atoms. The van der Waals surface area contributed by atoms with Gasteiger partial charge in [-0.05, 0) is 12.8 Å². The Hall–Kier alpha value is -1.52. The molecule has 0 unspecified atom stereocenters. The van der Waals surface area contributed by atoms with Crippen molar-refractivity contribution in [3.05, 3.63) is 12.7 Å². The second kappa shape index (κ2) is 4.82. The monoisotopic (exact) mass is 212 g/mol. The molecule has 0 aliphatic carbocycles. The molecule has 0 aromatic heterocycles. The fourth-order valence-corrected chi connectivity index (χ4v) is 1.74. The number of amides is 2. The standard InChI is InChI=1S/C10H16N2O3/c1-3-6-11(2)10(15)12-7-4-5-8(12)9(13)14/h3,8H,1,4-7H2,2H3,(H,13,14)/t8-/m0/s1. The maximum absolute atomic E-state index is 11.8. The summed E-state index contributed by atoms with van der Waals surface area (Å²) in [7, 11) is 1.64. The third-order valence-corrected chi connectivity index (χ3v) is 2.51. The van der Waals surface area contributed by atoms with E-state index in [1.807, 2.05) is 0 Å². The number of hydrogen-bond donors (Lipinski definition) is 1. The molecular weight excluding hydrogens is 196 g/mol. The Morgan fingerprint density at radius 1 is 1.67 bits per heavy atom. The van der Waals surface area contributed by atoms with E-state index in [-0.39, 0.29) is 6.03 Å². The van der Waals surface area contributed by atoms with Gasteiger partial charge in [0.1, 0.15) is 6.04 Å². The number of aliphatic carboxylic acids is 1. The lowest BCUT2D eigenvalue weighted by molar-refractivity contribution is -0.141. The van der Waals surface area contributed by atoms with Crippen LogP contribution in [0.5, 0.6) is 0 Å². The molecule has 2 amide bonds. The van der Waals surface area contributed by atoms with E-state index in [9.17, 15) is 9.59 Å². The highest BCUT2D eigenvalue weighted by molar-refractivity contribution is 5.83. The molecule has 1 atom stereocenters. The molecule has 0 radical (unpaired) electrons. The van der Waals surface area contributed by atoms with E-state index >= 15 is 0 Å². The minimum absolute atomic E-state index is 0.236. The third-order valence-electron chi connectivity index (χ3n) is 2.51. The average Bonchev–Trinajstić information content (AvgIpc) is 2.65. The summed E-state index contributed by atoms with van der Waals surface area (Å²) in [6.45, 7) is 4.49. The summed E-state index contributed by atoms with van der Waals surface area (Å²) in [6, 6.07) is -0.899. The summed E-state index contributed by atoms with van der Waals surface area (Å²) in [5.41, 5.74) is 0. The largest absolute Gasteiger partial charge is 0.480 e. The summed E-state index contributed by atoms with van der Waals surface area (Å²) in [4.78, 5) is 25.5.